The van der Waals surface area contributed by atoms with Gasteiger partial charge in [0.25, 0.3) is 0 Å². The van der Waals surface area contributed by atoms with E-state index in [1.807, 2.05) is 0 Å². The van der Waals surface area contributed by atoms with Gasteiger partial charge in [-0.2, -0.15) is 0 Å². The minimum atomic E-state index is -0.310. The SMILES string of the molecule is CC(C)(C)c1ccccc1-c1ccc(B2OC(C)(C)C(C)(C)O2)cc1. The molecule has 0 atom stereocenters. The molecule has 0 unspecified atom stereocenters. The lowest BCUT2D eigenvalue weighted by molar-refractivity contribution is 0.00578. The van der Waals surface area contributed by atoms with Crippen LogP contribution in [0.15, 0.2) is 48.5 Å². The van der Waals surface area contributed by atoms with Crippen molar-refractivity contribution in [1.29, 1.82) is 0 Å². The first-order valence-electron chi connectivity index (χ1n) is 9.07. The van der Waals surface area contributed by atoms with Gasteiger partial charge in [0.2, 0.25) is 0 Å². The van der Waals surface area contributed by atoms with Crippen LogP contribution in [0.3, 0.4) is 0 Å². The zero-order chi connectivity index (χ0) is 18.5. The van der Waals surface area contributed by atoms with Crippen LogP contribution in [0.4, 0.5) is 0 Å². The summed E-state index contributed by atoms with van der Waals surface area (Å²) in [4.78, 5) is 0. The Labute approximate surface area is 152 Å². The third-order valence-electron chi connectivity index (χ3n) is 5.48. The smallest absolute Gasteiger partial charge is 0.399 e. The lowest BCUT2D eigenvalue weighted by Crippen LogP contribution is -2.41. The van der Waals surface area contributed by atoms with Crippen LogP contribution in [0.2, 0.25) is 0 Å². The second kappa shape index (κ2) is 6.00. The van der Waals surface area contributed by atoms with E-state index in [0.717, 1.165) is 5.46 Å². The summed E-state index contributed by atoms with van der Waals surface area (Å²) in [6.45, 7) is 15.1. The molecule has 0 bridgehead atoms. The largest absolute Gasteiger partial charge is 0.494 e. The molecule has 132 valence electrons. The Morgan fingerprint density at radius 3 is 1.80 bits per heavy atom. The van der Waals surface area contributed by atoms with Crippen molar-refractivity contribution >= 4 is 12.6 Å². The van der Waals surface area contributed by atoms with Crippen molar-refractivity contribution in [2.45, 2.75) is 65.1 Å². The van der Waals surface area contributed by atoms with Gasteiger partial charge < -0.3 is 9.31 Å². The Morgan fingerprint density at radius 1 is 0.760 bits per heavy atom. The van der Waals surface area contributed by atoms with Gasteiger partial charge in [-0.15, -0.1) is 0 Å². The van der Waals surface area contributed by atoms with E-state index >= 15 is 0 Å². The summed E-state index contributed by atoms with van der Waals surface area (Å²) in [5.74, 6) is 0. The zero-order valence-electron chi connectivity index (χ0n) is 16.5. The highest BCUT2D eigenvalue weighted by molar-refractivity contribution is 6.62. The van der Waals surface area contributed by atoms with E-state index in [4.69, 9.17) is 9.31 Å². The molecule has 0 amide bonds. The van der Waals surface area contributed by atoms with Crippen LogP contribution in [0.5, 0.6) is 0 Å². The van der Waals surface area contributed by atoms with Crippen LogP contribution in [0.25, 0.3) is 11.1 Å². The molecule has 2 nitrogen and oxygen atoms in total. The molecule has 1 fully saturated rings. The van der Waals surface area contributed by atoms with Crippen molar-refractivity contribution < 1.29 is 9.31 Å². The Balaban J connectivity index is 1.90. The normalized spacial score (nSPS) is 19.2. The van der Waals surface area contributed by atoms with E-state index in [9.17, 15) is 0 Å². The fourth-order valence-corrected chi connectivity index (χ4v) is 3.19. The van der Waals surface area contributed by atoms with Crippen molar-refractivity contribution in [2.24, 2.45) is 0 Å². The van der Waals surface area contributed by atoms with Gasteiger partial charge in [-0.25, -0.2) is 0 Å². The van der Waals surface area contributed by atoms with E-state index in [1.54, 1.807) is 0 Å². The molecule has 1 aliphatic heterocycles. The third kappa shape index (κ3) is 3.40. The Morgan fingerprint density at radius 2 is 1.28 bits per heavy atom. The van der Waals surface area contributed by atoms with E-state index in [1.165, 1.54) is 16.7 Å². The van der Waals surface area contributed by atoms with Crippen LogP contribution in [-0.4, -0.2) is 18.3 Å². The fraction of sp³-hybridized carbons (Fsp3) is 0.455. The standard InChI is InChI=1S/C22H29BO2/c1-20(2,3)19-11-9-8-10-18(19)16-12-14-17(15-13-16)23-24-21(4,5)22(6,7)25-23/h8-15H,1-7H3. The van der Waals surface area contributed by atoms with Gasteiger partial charge in [-0.1, -0.05) is 69.3 Å². The number of rotatable bonds is 2. The molecule has 0 saturated carbocycles. The average molecular weight is 336 g/mol. The predicted octanol–water partition coefficient (Wildman–Crippen LogP) is 4.95. The van der Waals surface area contributed by atoms with Crippen molar-refractivity contribution in [3.63, 3.8) is 0 Å². The summed E-state index contributed by atoms with van der Waals surface area (Å²) in [6.07, 6.45) is 0. The number of hydrogen-bond acceptors (Lipinski definition) is 2. The minimum Gasteiger partial charge on any atom is -0.399 e. The highest BCUT2D eigenvalue weighted by Gasteiger charge is 2.51. The molecule has 0 radical (unpaired) electrons. The van der Waals surface area contributed by atoms with Crippen molar-refractivity contribution in [3.05, 3.63) is 54.1 Å². The van der Waals surface area contributed by atoms with Crippen LogP contribution in [-0.2, 0) is 14.7 Å². The van der Waals surface area contributed by atoms with Gasteiger partial charge in [0, 0.05) is 0 Å². The van der Waals surface area contributed by atoms with Crippen LogP contribution < -0.4 is 5.46 Å². The molecular formula is C22H29BO2. The molecule has 0 N–H and O–H groups in total. The Bertz CT molecular complexity index is 738. The van der Waals surface area contributed by atoms with E-state index in [-0.39, 0.29) is 23.7 Å². The van der Waals surface area contributed by atoms with E-state index in [0.29, 0.717) is 0 Å². The topological polar surface area (TPSA) is 18.5 Å². The lowest BCUT2D eigenvalue weighted by atomic mass is 9.77. The van der Waals surface area contributed by atoms with E-state index in [2.05, 4.69) is 97.0 Å². The molecule has 25 heavy (non-hydrogen) atoms. The molecule has 3 rings (SSSR count). The van der Waals surface area contributed by atoms with Crippen LogP contribution in [0, 0.1) is 0 Å². The summed E-state index contributed by atoms with van der Waals surface area (Å²) >= 11 is 0. The molecule has 1 heterocycles. The average Bonchev–Trinajstić information content (AvgIpc) is 2.75. The molecule has 0 aromatic heterocycles. The third-order valence-corrected chi connectivity index (χ3v) is 5.48. The molecule has 1 saturated heterocycles. The minimum absolute atomic E-state index is 0.112. The molecule has 2 aromatic rings. The predicted molar refractivity (Wildman–Crippen MR) is 106 cm³/mol. The van der Waals surface area contributed by atoms with Crippen molar-refractivity contribution in [1.82, 2.24) is 0 Å². The molecule has 3 heteroatoms. The summed E-state index contributed by atoms with van der Waals surface area (Å²) in [7, 11) is -0.308. The fourth-order valence-electron chi connectivity index (χ4n) is 3.19. The van der Waals surface area contributed by atoms with Crippen molar-refractivity contribution in [3.8, 4) is 11.1 Å². The maximum Gasteiger partial charge on any atom is 0.494 e. The highest BCUT2D eigenvalue weighted by atomic mass is 16.7. The van der Waals surface area contributed by atoms with Crippen LogP contribution in [0.1, 0.15) is 54.0 Å². The molecule has 1 aliphatic rings. The lowest BCUT2D eigenvalue weighted by Gasteiger charge is -2.32. The summed E-state index contributed by atoms with van der Waals surface area (Å²) in [5.41, 5.74) is 4.43. The van der Waals surface area contributed by atoms with Gasteiger partial charge in [-0.05, 0) is 55.3 Å². The van der Waals surface area contributed by atoms with Crippen molar-refractivity contribution in [2.75, 3.05) is 0 Å². The maximum absolute atomic E-state index is 6.15. The number of benzene rings is 2. The first-order chi connectivity index (χ1) is 11.5. The Hall–Kier alpha value is -1.58. The molecule has 0 aliphatic carbocycles. The maximum atomic E-state index is 6.15. The van der Waals surface area contributed by atoms with Gasteiger partial charge in [0.05, 0.1) is 11.2 Å². The van der Waals surface area contributed by atoms with E-state index < -0.39 is 0 Å². The zero-order valence-corrected chi connectivity index (χ0v) is 16.5. The second-order valence-corrected chi connectivity index (χ2v) is 9.01. The van der Waals surface area contributed by atoms with Gasteiger partial charge in [0.1, 0.15) is 0 Å². The summed E-state index contributed by atoms with van der Waals surface area (Å²) in [6, 6.07) is 17.2. The van der Waals surface area contributed by atoms with Gasteiger partial charge in [0.15, 0.2) is 0 Å². The highest BCUT2D eigenvalue weighted by Crippen LogP contribution is 2.37. The molecule has 0 spiro atoms. The van der Waals surface area contributed by atoms with Gasteiger partial charge in [-0.3, -0.25) is 0 Å². The van der Waals surface area contributed by atoms with Gasteiger partial charge >= 0.3 is 7.12 Å². The number of hydrogen-bond donors (Lipinski definition) is 0. The quantitative estimate of drug-likeness (QED) is 0.723. The second-order valence-electron chi connectivity index (χ2n) is 9.01. The molecule has 2 aromatic carbocycles. The molecular weight excluding hydrogens is 307 g/mol. The summed E-state index contributed by atoms with van der Waals surface area (Å²) < 4.78 is 12.3. The van der Waals surface area contributed by atoms with Crippen LogP contribution >= 0.6 is 0 Å². The first kappa shape index (κ1) is 18.2. The monoisotopic (exact) mass is 336 g/mol. The Kier molecular flexibility index (Phi) is 4.37. The summed E-state index contributed by atoms with van der Waals surface area (Å²) in [5, 5.41) is 0. The first-order valence-corrected chi connectivity index (χ1v) is 9.07.